The molecule has 1 aliphatic heterocycles. The molecule has 20 heavy (non-hydrogen) atoms. The highest BCUT2D eigenvalue weighted by molar-refractivity contribution is 5.65. The molecule has 0 saturated carbocycles. The van der Waals surface area contributed by atoms with Gasteiger partial charge in [0.25, 0.3) is 0 Å². The fourth-order valence-corrected chi connectivity index (χ4v) is 2.88. The van der Waals surface area contributed by atoms with Gasteiger partial charge >= 0.3 is 0 Å². The standard InChI is InChI=1S/C17H23N3/c1-17(2,3)13-7-5-12(6-8-13)16-14-11-18-10-9-15(14)20(4)19-16/h5-8,18H,9-11H2,1-4H3. The molecule has 106 valence electrons. The highest BCUT2D eigenvalue weighted by atomic mass is 15.3. The molecule has 0 aliphatic carbocycles. The first-order valence-corrected chi connectivity index (χ1v) is 7.33. The predicted octanol–water partition coefficient (Wildman–Crippen LogP) is 3.03. The zero-order valence-electron chi connectivity index (χ0n) is 12.8. The second kappa shape index (κ2) is 4.74. The molecule has 0 fully saturated rings. The van der Waals surface area contributed by atoms with Gasteiger partial charge in [-0.25, -0.2) is 0 Å². The number of nitrogens with one attached hydrogen (secondary N) is 1. The monoisotopic (exact) mass is 269 g/mol. The zero-order chi connectivity index (χ0) is 14.3. The molecule has 1 aromatic heterocycles. The summed E-state index contributed by atoms with van der Waals surface area (Å²) in [4.78, 5) is 0. The second-order valence-electron chi connectivity index (χ2n) is 6.65. The number of aromatic nitrogens is 2. The number of benzene rings is 1. The third-order valence-corrected chi connectivity index (χ3v) is 4.14. The van der Waals surface area contributed by atoms with E-state index in [4.69, 9.17) is 5.10 Å². The van der Waals surface area contributed by atoms with E-state index in [1.54, 1.807) is 0 Å². The molecular weight excluding hydrogens is 246 g/mol. The van der Waals surface area contributed by atoms with Crippen LogP contribution in [0.5, 0.6) is 0 Å². The summed E-state index contributed by atoms with van der Waals surface area (Å²) >= 11 is 0. The van der Waals surface area contributed by atoms with E-state index in [9.17, 15) is 0 Å². The molecule has 3 heteroatoms. The first-order valence-electron chi connectivity index (χ1n) is 7.33. The highest BCUT2D eigenvalue weighted by Crippen LogP contribution is 2.29. The normalized spacial score (nSPS) is 15.2. The minimum absolute atomic E-state index is 0.198. The van der Waals surface area contributed by atoms with E-state index in [0.29, 0.717) is 0 Å². The Bertz CT molecular complexity index is 615. The van der Waals surface area contributed by atoms with Crippen LogP contribution in [0.4, 0.5) is 0 Å². The fraction of sp³-hybridized carbons (Fsp3) is 0.471. The van der Waals surface area contributed by atoms with Crippen LogP contribution in [0.25, 0.3) is 11.3 Å². The summed E-state index contributed by atoms with van der Waals surface area (Å²) in [6.45, 7) is 8.71. The molecule has 0 unspecified atom stereocenters. The molecule has 1 aliphatic rings. The number of hydrogen-bond acceptors (Lipinski definition) is 2. The van der Waals surface area contributed by atoms with Crippen molar-refractivity contribution in [2.45, 2.75) is 39.2 Å². The first-order chi connectivity index (χ1) is 9.47. The van der Waals surface area contributed by atoms with E-state index in [2.05, 4.69) is 57.4 Å². The molecule has 2 heterocycles. The van der Waals surface area contributed by atoms with Crippen LogP contribution < -0.4 is 5.32 Å². The van der Waals surface area contributed by atoms with Crippen molar-refractivity contribution in [3.63, 3.8) is 0 Å². The average molecular weight is 269 g/mol. The fourth-order valence-electron chi connectivity index (χ4n) is 2.88. The third-order valence-electron chi connectivity index (χ3n) is 4.14. The van der Waals surface area contributed by atoms with Gasteiger partial charge in [0.1, 0.15) is 0 Å². The summed E-state index contributed by atoms with van der Waals surface area (Å²) < 4.78 is 2.04. The minimum Gasteiger partial charge on any atom is -0.312 e. The number of hydrogen-bond donors (Lipinski definition) is 1. The Labute approximate surface area is 121 Å². The molecule has 0 amide bonds. The van der Waals surface area contributed by atoms with E-state index in [0.717, 1.165) is 25.2 Å². The maximum Gasteiger partial charge on any atom is 0.0970 e. The third kappa shape index (κ3) is 2.27. The molecule has 1 N–H and O–H groups in total. The second-order valence-corrected chi connectivity index (χ2v) is 6.65. The smallest absolute Gasteiger partial charge is 0.0970 e. The van der Waals surface area contributed by atoms with E-state index < -0.39 is 0 Å². The van der Waals surface area contributed by atoms with Crippen molar-refractivity contribution < 1.29 is 0 Å². The molecule has 3 nitrogen and oxygen atoms in total. The maximum absolute atomic E-state index is 4.73. The molecule has 0 spiro atoms. The van der Waals surface area contributed by atoms with Crippen molar-refractivity contribution in [1.82, 2.24) is 15.1 Å². The van der Waals surface area contributed by atoms with Crippen LogP contribution in [0.15, 0.2) is 24.3 Å². The van der Waals surface area contributed by atoms with Crippen LogP contribution in [-0.2, 0) is 25.4 Å². The Balaban J connectivity index is 2.01. The quantitative estimate of drug-likeness (QED) is 0.862. The van der Waals surface area contributed by atoms with E-state index >= 15 is 0 Å². The number of nitrogens with zero attached hydrogens (tertiary/aromatic N) is 2. The van der Waals surface area contributed by atoms with Crippen molar-refractivity contribution in [3.8, 4) is 11.3 Å². The Morgan fingerprint density at radius 3 is 2.50 bits per heavy atom. The van der Waals surface area contributed by atoms with Gasteiger partial charge in [0, 0.05) is 43.4 Å². The minimum atomic E-state index is 0.198. The van der Waals surface area contributed by atoms with Crippen LogP contribution in [0.2, 0.25) is 0 Å². The van der Waals surface area contributed by atoms with Crippen molar-refractivity contribution in [3.05, 3.63) is 41.1 Å². The van der Waals surface area contributed by atoms with Crippen LogP contribution in [0.3, 0.4) is 0 Å². The van der Waals surface area contributed by atoms with Gasteiger partial charge in [0.15, 0.2) is 0 Å². The lowest BCUT2D eigenvalue weighted by molar-refractivity contribution is 0.590. The van der Waals surface area contributed by atoms with Crippen LogP contribution >= 0.6 is 0 Å². The summed E-state index contributed by atoms with van der Waals surface area (Å²) in [5.41, 5.74) is 6.66. The van der Waals surface area contributed by atoms with Gasteiger partial charge in [-0.15, -0.1) is 0 Å². The summed E-state index contributed by atoms with van der Waals surface area (Å²) in [5, 5.41) is 8.18. The van der Waals surface area contributed by atoms with Gasteiger partial charge in [-0.1, -0.05) is 45.0 Å². The van der Waals surface area contributed by atoms with Gasteiger partial charge in [-0.05, 0) is 11.0 Å². The summed E-state index contributed by atoms with van der Waals surface area (Å²) in [7, 11) is 2.05. The maximum atomic E-state index is 4.73. The number of aryl methyl sites for hydroxylation is 1. The average Bonchev–Trinajstić information content (AvgIpc) is 2.76. The van der Waals surface area contributed by atoms with Gasteiger partial charge in [0.2, 0.25) is 0 Å². The molecule has 0 bridgehead atoms. The van der Waals surface area contributed by atoms with Crippen molar-refractivity contribution in [1.29, 1.82) is 0 Å². The SMILES string of the molecule is Cn1nc(-c2ccc(C(C)(C)C)cc2)c2c1CCNC2. The summed E-state index contributed by atoms with van der Waals surface area (Å²) in [6, 6.07) is 8.87. The molecule has 0 saturated heterocycles. The van der Waals surface area contributed by atoms with E-state index in [1.165, 1.54) is 22.4 Å². The van der Waals surface area contributed by atoms with Gasteiger partial charge in [-0.3, -0.25) is 4.68 Å². The van der Waals surface area contributed by atoms with Gasteiger partial charge < -0.3 is 5.32 Å². The van der Waals surface area contributed by atoms with Gasteiger partial charge in [-0.2, -0.15) is 5.10 Å². The Morgan fingerprint density at radius 2 is 1.85 bits per heavy atom. The molecular formula is C17H23N3. The van der Waals surface area contributed by atoms with E-state index in [1.807, 2.05) is 4.68 Å². The van der Waals surface area contributed by atoms with Crippen molar-refractivity contribution in [2.75, 3.05) is 6.54 Å². The van der Waals surface area contributed by atoms with E-state index in [-0.39, 0.29) is 5.41 Å². The molecule has 1 aromatic carbocycles. The Morgan fingerprint density at radius 1 is 1.15 bits per heavy atom. The summed E-state index contributed by atoms with van der Waals surface area (Å²) in [5.74, 6) is 0. The lowest BCUT2D eigenvalue weighted by Gasteiger charge is -2.19. The molecule has 0 atom stereocenters. The van der Waals surface area contributed by atoms with Gasteiger partial charge in [0.05, 0.1) is 5.69 Å². The Kier molecular flexibility index (Phi) is 3.17. The molecule has 0 radical (unpaired) electrons. The summed E-state index contributed by atoms with van der Waals surface area (Å²) in [6.07, 6.45) is 1.07. The van der Waals surface area contributed by atoms with Crippen molar-refractivity contribution >= 4 is 0 Å². The lowest BCUT2D eigenvalue weighted by Crippen LogP contribution is -2.24. The topological polar surface area (TPSA) is 29.9 Å². The molecule has 2 aromatic rings. The Hall–Kier alpha value is -1.61. The first kappa shape index (κ1) is 13.4. The predicted molar refractivity (Wildman–Crippen MR) is 82.8 cm³/mol. The largest absolute Gasteiger partial charge is 0.312 e. The highest BCUT2D eigenvalue weighted by Gasteiger charge is 2.20. The lowest BCUT2D eigenvalue weighted by atomic mass is 9.86. The number of fused-ring (bicyclic) bond motifs is 1. The van der Waals surface area contributed by atoms with Crippen LogP contribution in [0, 0.1) is 0 Å². The molecule has 3 rings (SSSR count). The number of rotatable bonds is 1. The van der Waals surface area contributed by atoms with Crippen molar-refractivity contribution in [2.24, 2.45) is 7.05 Å². The van der Waals surface area contributed by atoms with Crippen LogP contribution in [0.1, 0.15) is 37.6 Å². The van der Waals surface area contributed by atoms with Crippen LogP contribution in [-0.4, -0.2) is 16.3 Å². The zero-order valence-corrected chi connectivity index (χ0v) is 12.8.